The van der Waals surface area contributed by atoms with Gasteiger partial charge in [0.2, 0.25) is 0 Å². The lowest BCUT2D eigenvalue weighted by molar-refractivity contribution is 0.0489. The first-order valence-electron chi connectivity index (χ1n) is 12.8. The number of hydrogen-bond acceptors (Lipinski definition) is 6. The Kier molecular flexibility index (Phi) is 7.25. The number of ether oxygens (including phenoxy) is 1. The van der Waals surface area contributed by atoms with E-state index in [1.165, 1.54) is 5.56 Å². The van der Waals surface area contributed by atoms with Crippen molar-refractivity contribution >= 4 is 10.9 Å². The molecule has 188 valence electrons. The lowest BCUT2D eigenvalue weighted by atomic mass is 10.0. The monoisotopic (exact) mass is 486 g/mol. The van der Waals surface area contributed by atoms with E-state index in [4.69, 9.17) is 4.74 Å². The molecular formula is C28H34N6O2. The highest BCUT2D eigenvalue weighted by Gasteiger charge is 2.29. The number of aryl methyl sites for hydroxylation is 2. The molecule has 3 heterocycles. The molecule has 2 atom stereocenters. The maximum atomic E-state index is 13.2. The maximum absolute atomic E-state index is 13.2. The highest BCUT2D eigenvalue weighted by molar-refractivity contribution is 5.82. The van der Waals surface area contributed by atoms with E-state index in [9.17, 15) is 4.79 Å². The molecule has 1 aliphatic rings. The fourth-order valence-corrected chi connectivity index (χ4v) is 5.34. The normalized spacial score (nSPS) is 16.7. The van der Waals surface area contributed by atoms with Crippen molar-refractivity contribution in [2.45, 2.75) is 65.3 Å². The van der Waals surface area contributed by atoms with Gasteiger partial charge >= 0.3 is 0 Å². The van der Waals surface area contributed by atoms with Gasteiger partial charge in [-0.2, -0.15) is 0 Å². The van der Waals surface area contributed by atoms with E-state index < -0.39 is 0 Å². The number of aromatic nitrogens is 5. The molecule has 36 heavy (non-hydrogen) atoms. The average Bonchev–Trinajstić information content (AvgIpc) is 3.54. The summed E-state index contributed by atoms with van der Waals surface area (Å²) >= 11 is 0. The molecule has 5 rings (SSSR count). The predicted molar refractivity (Wildman–Crippen MR) is 140 cm³/mol. The van der Waals surface area contributed by atoms with Crippen LogP contribution in [0.2, 0.25) is 0 Å². The van der Waals surface area contributed by atoms with Crippen molar-refractivity contribution < 1.29 is 4.74 Å². The molecule has 0 amide bonds. The average molecular weight is 487 g/mol. The van der Waals surface area contributed by atoms with Crippen molar-refractivity contribution in [2.75, 3.05) is 13.2 Å². The summed E-state index contributed by atoms with van der Waals surface area (Å²) in [6.45, 7) is 8.87. The summed E-state index contributed by atoms with van der Waals surface area (Å²) in [4.78, 5) is 18.6. The molecule has 1 saturated heterocycles. The fraction of sp³-hybridized carbons (Fsp3) is 0.429. The molecule has 8 heteroatoms. The standard InChI is InChI=1S/C28H34N6O2/c1-4-25(27-30-31-32-34(27)16-21-9-6-5-7-10-21)33(18-24-11-8-12-36-24)17-23-15-22-14-19(2)13-20(3)26(22)29-28(23)35/h5-7,9-10,13-15,24-25H,4,8,11-12,16-18H2,1-3H3,(H,29,35)/t24-,25-/m0/s1. The Hall–Kier alpha value is -3.36. The van der Waals surface area contributed by atoms with Gasteiger partial charge in [0.05, 0.1) is 24.2 Å². The van der Waals surface area contributed by atoms with E-state index in [2.05, 4.69) is 63.5 Å². The highest BCUT2D eigenvalue weighted by atomic mass is 16.5. The lowest BCUT2D eigenvalue weighted by Gasteiger charge is -2.32. The van der Waals surface area contributed by atoms with E-state index in [1.807, 2.05) is 35.9 Å². The first-order chi connectivity index (χ1) is 17.5. The first-order valence-corrected chi connectivity index (χ1v) is 12.8. The second-order valence-corrected chi connectivity index (χ2v) is 9.84. The van der Waals surface area contributed by atoms with Crippen LogP contribution in [0.1, 0.15) is 60.3 Å². The van der Waals surface area contributed by atoms with Gasteiger partial charge in [0, 0.05) is 25.3 Å². The zero-order valence-electron chi connectivity index (χ0n) is 21.3. The minimum Gasteiger partial charge on any atom is -0.377 e. The van der Waals surface area contributed by atoms with E-state index in [0.717, 1.165) is 65.8 Å². The Labute approximate surface area is 211 Å². The maximum Gasteiger partial charge on any atom is 0.252 e. The van der Waals surface area contributed by atoms with E-state index in [0.29, 0.717) is 13.1 Å². The largest absolute Gasteiger partial charge is 0.377 e. The minimum absolute atomic E-state index is 0.0504. The van der Waals surface area contributed by atoms with Gasteiger partial charge in [-0.05, 0) is 72.2 Å². The molecule has 2 aromatic carbocycles. The predicted octanol–water partition coefficient (Wildman–Crippen LogP) is 4.31. The lowest BCUT2D eigenvalue weighted by Crippen LogP contribution is -2.37. The van der Waals surface area contributed by atoms with Crippen LogP contribution >= 0.6 is 0 Å². The minimum atomic E-state index is -0.0535. The highest BCUT2D eigenvalue weighted by Crippen LogP contribution is 2.27. The molecule has 8 nitrogen and oxygen atoms in total. The second-order valence-electron chi connectivity index (χ2n) is 9.84. The van der Waals surface area contributed by atoms with E-state index in [1.54, 1.807) is 0 Å². The summed E-state index contributed by atoms with van der Waals surface area (Å²) < 4.78 is 7.88. The molecule has 1 aliphatic heterocycles. The third kappa shape index (κ3) is 5.24. The zero-order valence-corrected chi connectivity index (χ0v) is 21.3. The molecule has 1 fully saturated rings. The quantitative estimate of drug-likeness (QED) is 0.379. The number of rotatable bonds is 9. The van der Waals surface area contributed by atoms with Crippen LogP contribution in [0.3, 0.4) is 0 Å². The Bertz CT molecular complexity index is 1370. The molecule has 0 unspecified atom stereocenters. The summed E-state index contributed by atoms with van der Waals surface area (Å²) in [6, 6.07) is 16.4. The summed E-state index contributed by atoms with van der Waals surface area (Å²) in [6.07, 6.45) is 3.04. The molecule has 1 N–H and O–H groups in total. The summed E-state index contributed by atoms with van der Waals surface area (Å²) in [7, 11) is 0. The van der Waals surface area contributed by atoms with Crippen LogP contribution in [0, 0.1) is 13.8 Å². The van der Waals surface area contributed by atoms with Crippen molar-refractivity contribution in [1.82, 2.24) is 30.1 Å². The van der Waals surface area contributed by atoms with Crippen LogP contribution in [0.15, 0.2) is 53.3 Å². The number of nitrogens with one attached hydrogen (secondary N) is 1. The SMILES string of the molecule is CC[C@@H](c1nnnn1Cc1ccccc1)N(Cc1cc2cc(C)cc(C)c2[nH]c1=O)C[C@@H]1CCCO1. The third-order valence-corrected chi connectivity index (χ3v) is 7.07. The number of H-pyrrole nitrogens is 1. The van der Waals surface area contributed by atoms with Crippen LogP contribution in [0.25, 0.3) is 10.9 Å². The van der Waals surface area contributed by atoms with Gasteiger partial charge in [-0.1, -0.05) is 48.9 Å². The molecule has 0 saturated carbocycles. The van der Waals surface area contributed by atoms with Crippen molar-refractivity contribution in [2.24, 2.45) is 0 Å². The van der Waals surface area contributed by atoms with Crippen molar-refractivity contribution in [3.63, 3.8) is 0 Å². The Balaban J connectivity index is 1.49. The molecule has 0 spiro atoms. The Morgan fingerprint density at radius 2 is 2.03 bits per heavy atom. The molecule has 4 aromatic rings. The summed E-state index contributed by atoms with van der Waals surface area (Å²) in [5.41, 5.74) is 5.00. The molecular weight excluding hydrogens is 452 g/mol. The van der Waals surface area contributed by atoms with Gasteiger partial charge in [0.15, 0.2) is 5.82 Å². The van der Waals surface area contributed by atoms with Crippen LogP contribution < -0.4 is 5.56 Å². The Morgan fingerprint density at radius 3 is 2.78 bits per heavy atom. The summed E-state index contributed by atoms with van der Waals surface area (Å²) in [5.74, 6) is 0.809. The molecule has 0 aliphatic carbocycles. The molecule has 0 bridgehead atoms. The topological polar surface area (TPSA) is 88.9 Å². The van der Waals surface area contributed by atoms with Gasteiger partial charge in [-0.15, -0.1) is 5.10 Å². The van der Waals surface area contributed by atoms with Crippen LogP contribution in [-0.4, -0.2) is 49.3 Å². The van der Waals surface area contributed by atoms with Gasteiger partial charge in [-0.25, -0.2) is 4.68 Å². The van der Waals surface area contributed by atoms with Gasteiger partial charge < -0.3 is 9.72 Å². The van der Waals surface area contributed by atoms with E-state index in [-0.39, 0.29) is 17.7 Å². The van der Waals surface area contributed by atoms with Crippen molar-refractivity contribution in [3.8, 4) is 0 Å². The number of tetrazole rings is 1. The van der Waals surface area contributed by atoms with E-state index >= 15 is 0 Å². The fourth-order valence-electron chi connectivity index (χ4n) is 5.34. The Morgan fingerprint density at radius 1 is 1.19 bits per heavy atom. The third-order valence-electron chi connectivity index (χ3n) is 7.07. The number of aromatic amines is 1. The zero-order chi connectivity index (χ0) is 25.1. The van der Waals surface area contributed by atoms with Crippen molar-refractivity contribution in [1.29, 1.82) is 0 Å². The molecule has 0 radical (unpaired) electrons. The second kappa shape index (κ2) is 10.7. The van der Waals surface area contributed by atoms with Gasteiger partial charge in [0.25, 0.3) is 5.56 Å². The molecule has 2 aromatic heterocycles. The number of hydrogen-bond donors (Lipinski definition) is 1. The summed E-state index contributed by atoms with van der Waals surface area (Å²) in [5, 5.41) is 13.8. The number of fused-ring (bicyclic) bond motifs is 1. The number of pyridine rings is 1. The van der Waals surface area contributed by atoms with Crippen LogP contribution in [0.4, 0.5) is 0 Å². The number of nitrogens with zero attached hydrogens (tertiary/aromatic N) is 5. The van der Waals surface area contributed by atoms with Crippen LogP contribution in [-0.2, 0) is 17.8 Å². The van der Waals surface area contributed by atoms with Gasteiger partial charge in [0.1, 0.15) is 0 Å². The smallest absolute Gasteiger partial charge is 0.252 e. The first kappa shape index (κ1) is 24.3. The van der Waals surface area contributed by atoms with Gasteiger partial charge in [-0.3, -0.25) is 9.69 Å². The van der Waals surface area contributed by atoms with Crippen LogP contribution in [0.5, 0.6) is 0 Å². The van der Waals surface area contributed by atoms with Crippen molar-refractivity contribution in [3.05, 3.63) is 87.0 Å². The number of benzene rings is 2.